The van der Waals surface area contributed by atoms with Gasteiger partial charge in [-0.2, -0.15) is 0 Å². The molecule has 1 aliphatic rings. The zero-order valence-corrected chi connectivity index (χ0v) is 10.9. The van der Waals surface area contributed by atoms with E-state index in [9.17, 15) is 15.0 Å². The molecule has 2 unspecified atom stereocenters. The maximum Gasteiger partial charge on any atom is 0.303 e. The standard InChI is InChI=1S/C14H19NO4/c1-9(11-5-12(16)7-13(17)6-11)15-3-2-10(8-15)4-14(18)19/h5-7,9-10,16-17H,2-4,8H2,1H3,(H,18,19). The summed E-state index contributed by atoms with van der Waals surface area (Å²) in [6.45, 7) is 3.58. The molecule has 0 spiro atoms. The van der Waals surface area contributed by atoms with Crippen molar-refractivity contribution in [3.63, 3.8) is 0 Å². The number of carboxylic acids is 1. The largest absolute Gasteiger partial charge is 0.508 e. The maximum atomic E-state index is 10.7. The minimum Gasteiger partial charge on any atom is -0.508 e. The molecular weight excluding hydrogens is 246 g/mol. The SMILES string of the molecule is CC(c1cc(O)cc(O)c1)N1CCC(CC(=O)O)C1. The summed E-state index contributed by atoms with van der Waals surface area (Å²) in [4.78, 5) is 12.9. The monoisotopic (exact) mass is 265 g/mol. The number of aromatic hydroxyl groups is 2. The van der Waals surface area contributed by atoms with Crippen LogP contribution in [0.15, 0.2) is 18.2 Å². The van der Waals surface area contributed by atoms with Crippen molar-refractivity contribution < 1.29 is 20.1 Å². The fraction of sp³-hybridized carbons (Fsp3) is 0.500. The van der Waals surface area contributed by atoms with E-state index in [0.29, 0.717) is 0 Å². The van der Waals surface area contributed by atoms with Crippen LogP contribution in [0.4, 0.5) is 0 Å². The fourth-order valence-corrected chi connectivity index (χ4v) is 2.70. The molecule has 5 nitrogen and oxygen atoms in total. The van der Waals surface area contributed by atoms with Crippen LogP contribution in [0.25, 0.3) is 0 Å². The van der Waals surface area contributed by atoms with Gasteiger partial charge >= 0.3 is 5.97 Å². The summed E-state index contributed by atoms with van der Waals surface area (Å²) in [5, 5.41) is 27.8. The minimum absolute atomic E-state index is 0.0446. The highest BCUT2D eigenvalue weighted by molar-refractivity contribution is 5.67. The number of carboxylic acid groups (broad SMARTS) is 1. The first kappa shape index (κ1) is 13.7. The molecule has 1 aliphatic heterocycles. The van der Waals surface area contributed by atoms with Gasteiger partial charge in [-0.25, -0.2) is 0 Å². The number of carbonyl (C=O) groups is 1. The van der Waals surface area contributed by atoms with Crippen LogP contribution in [0.2, 0.25) is 0 Å². The van der Waals surface area contributed by atoms with E-state index < -0.39 is 5.97 Å². The van der Waals surface area contributed by atoms with Gasteiger partial charge in [-0.3, -0.25) is 9.69 Å². The number of hydrogen-bond acceptors (Lipinski definition) is 4. The lowest BCUT2D eigenvalue weighted by atomic mass is 10.0. The van der Waals surface area contributed by atoms with Crippen LogP contribution in [0.3, 0.4) is 0 Å². The molecule has 104 valence electrons. The van der Waals surface area contributed by atoms with Crippen LogP contribution in [0.5, 0.6) is 11.5 Å². The Morgan fingerprint density at radius 3 is 2.58 bits per heavy atom. The lowest BCUT2D eigenvalue weighted by Crippen LogP contribution is -2.25. The molecule has 19 heavy (non-hydrogen) atoms. The average molecular weight is 265 g/mol. The van der Waals surface area contributed by atoms with E-state index in [1.807, 2.05) is 6.92 Å². The highest BCUT2D eigenvalue weighted by Gasteiger charge is 2.28. The van der Waals surface area contributed by atoms with Crippen molar-refractivity contribution in [1.82, 2.24) is 4.90 Å². The molecule has 1 aromatic carbocycles. The molecule has 1 saturated heterocycles. The van der Waals surface area contributed by atoms with E-state index in [4.69, 9.17) is 5.11 Å². The van der Waals surface area contributed by atoms with E-state index in [1.54, 1.807) is 12.1 Å². The second kappa shape index (κ2) is 5.48. The molecule has 0 bridgehead atoms. The summed E-state index contributed by atoms with van der Waals surface area (Å²) >= 11 is 0. The van der Waals surface area contributed by atoms with Gasteiger partial charge in [-0.1, -0.05) is 0 Å². The van der Waals surface area contributed by atoms with Crippen LogP contribution >= 0.6 is 0 Å². The van der Waals surface area contributed by atoms with Crippen molar-refractivity contribution in [2.24, 2.45) is 5.92 Å². The van der Waals surface area contributed by atoms with E-state index >= 15 is 0 Å². The van der Waals surface area contributed by atoms with Crippen molar-refractivity contribution >= 4 is 5.97 Å². The minimum atomic E-state index is -0.755. The van der Waals surface area contributed by atoms with Crippen LogP contribution in [-0.4, -0.2) is 39.3 Å². The molecule has 1 fully saturated rings. The summed E-state index contributed by atoms with van der Waals surface area (Å²) in [6.07, 6.45) is 1.08. The zero-order valence-electron chi connectivity index (χ0n) is 10.9. The quantitative estimate of drug-likeness (QED) is 0.775. The van der Waals surface area contributed by atoms with E-state index in [0.717, 1.165) is 25.1 Å². The molecule has 2 atom stereocenters. The molecule has 0 saturated carbocycles. The van der Waals surface area contributed by atoms with Crippen LogP contribution in [0, 0.1) is 5.92 Å². The number of phenolic OH excluding ortho intramolecular Hbond substituents is 2. The smallest absolute Gasteiger partial charge is 0.303 e. The van der Waals surface area contributed by atoms with Gasteiger partial charge in [0, 0.05) is 25.1 Å². The first-order chi connectivity index (χ1) is 8.95. The normalized spacial score (nSPS) is 21.4. The first-order valence-electron chi connectivity index (χ1n) is 6.44. The summed E-state index contributed by atoms with van der Waals surface area (Å²) < 4.78 is 0. The Morgan fingerprint density at radius 2 is 2.00 bits per heavy atom. The predicted octanol–water partition coefficient (Wildman–Crippen LogP) is 1.96. The van der Waals surface area contributed by atoms with E-state index in [-0.39, 0.29) is 29.9 Å². The number of benzene rings is 1. The predicted molar refractivity (Wildman–Crippen MR) is 70.1 cm³/mol. The Morgan fingerprint density at radius 1 is 1.37 bits per heavy atom. The summed E-state index contributed by atoms with van der Waals surface area (Å²) in [7, 11) is 0. The van der Waals surface area contributed by atoms with Crippen molar-refractivity contribution in [3.8, 4) is 11.5 Å². The molecule has 1 heterocycles. The van der Waals surface area contributed by atoms with Gasteiger partial charge in [0.05, 0.1) is 0 Å². The molecule has 0 aliphatic carbocycles. The summed E-state index contributed by atoms with van der Waals surface area (Å²) in [5.41, 5.74) is 0.841. The van der Waals surface area contributed by atoms with Gasteiger partial charge in [0.2, 0.25) is 0 Å². The number of aliphatic carboxylic acids is 1. The third kappa shape index (κ3) is 3.38. The van der Waals surface area contributed by atoms with Crippen molar-refractivity contribution in [1.29, 1.82) is 0 Å². The third-order valence-corrected chi connectivity index (χ3v) is 3.74. The topological polar surface area (TPSA) is 81.0 Å². The number of rotatable bonds is 4. The number of nitrogens with zero attached hydrogens (tertiary/aromatic N) is 1. The van der Waals surface area contributed by atoms with Gasteiger partial charge < -0.3 is 15.3 Å². The number of likely N-dealkylation sites (tertiary alicyclic amines) is 1. The third-order valence-electron chi connectivity index (χ3n) is 3.74. The Bertz CT molecular complexity index is 454. The molecule has 1 aromatic rings. The average Bonchev–Trinajstić information content (AvgIpc) is 2.74. The lowest BCUT2D eigenvalue weighted by molar-refractivity contribution is -0.138. The lowest BCUT2D eigenvalue weighted by Gasteiger charge is -2.25. The molecule has 0 radical (unpaired) electrons. The number of phenols is 2. The highest BCUT2D eigenvalue weighted by atomic mass is 16.4. The van der Waals surface area contributed by atoms with Crippen molar-refractivity contribution in [2.45, 2.75) is 25.8 Å². The maximum absolute atomic E-state index is 10.7. The van der Waals surface area contributed by atoms with Gasteiger partial charge in [0.1, 0.15) is 11.5 Å². The first-order valence-corrected chi connectivity index (χ1v) is 6.44. The summed E-state index contributed by atoms with van der Waals surface area (Å²) in [6, 6.07) is 4.62. The van der Waals surface area contributed by atoms with Crippen LogP contribution in [-0.2, 0) is 4.79 Å². The van der Waals surface area contributed by atoms with E-state index in [1.165, 1.54) is 6.07 Å². The van der Waals surface area contributed by atoms with Gasteiger partial charge in [0.25, 0.3) is 0 Å². The molecular formula is C14H19NO4. The highest BCUT2D eigenvalue weighted by Crippen LogP contribution is 2.32. The zero-order chi connectivity index (χ0) is 14.0. The molecule has 0 aromatic heterocycles. The number of hydrogen-bond donors (Lipinski definition) is 3. The van der Waals surface area contributed by atoms with Gasteiger partial charge in [0.15, 0.2) is 0 Å². The molecule has 3 N–H and O–H groups in total. The molecule has 5 heteroatoms. The van der Waals surface area contributed by atoms with Gasteiger partial charge in [-0.15, -0.1) is 0 Å². The van der Waals surface area contributed by atoms with Gasteiger partial charge in [-0.05, 0) is 43.5 Å². The second-order valence-corrected chi connectivity index (χ2v) is 5.21. The Balaban J connectivity index is 2.04. The second-order valence-electron chi connectivity index (χ2n) is 5.21. The Labute approximate surface area is 112 Å². The molecule has 2 rings (SSSR count). The molecule has 0 amide bonds. The van der Waals surface area contributed by atoms with E-state index in [2.05, 4.69) is 4.90 Å². The Hall–Kier alpha value is -1.75. The fourth-order valence-electron chi connectivity index (χ4n) is 2.70. The Kier molecular flexibility index (Phi) is 3.95. The van der Waals surface area contributed by atoms with Crippen molar-refractivity contribution in [3.05, 3.63) is 23.8 Å². The van der Waals surface area contributed by atoms with Crippen LogP contribution in [0.1, 0.15) is 31.4 Å². The van der Waals surface area contributed by atoms with Crippen molar-refractivity contribution in [2.75, 3.05) is 13.1 Å². The summed E-state index contributed by atoms with van der Waals surface area (Å²) in [5.74, 6) is -0.480. The van der Waals surface area contributed by atoms with Crippen LogP contribution < -0.4 is 0 Å².